The second-order valence-corrected chi connectivity index (χ2v) is 7.84. The van der Waals surface area contributed by atoms with Gasteiger partial charge in [0, 0.05) is 38.9 Å². The maximum absolute atomic E-state index is 13.0. The molecule has 2 aromatic rings. The number of nitrogens with zero attached hydrogens (tertiary/aromatic N) is 5. The zero-order valence-electron chi connectivity index (χ0n) is 18.1. The number of nitrogen functional groups attached to an aromatic ring is 1. The number of hydrogen-bond acceptors (Lipinski definition) is 6. The van der Waals surface area contributed by atoms with Crippen molar-refractivity contribution in [3.8, 4) is 0 Å². The van der Waals surface area contributed by atoms with E-state index < -0.39 is 0 Å². The Morgan fingerprint density at radius 1 is 1.23 bits per heavy atom. The van der Waals surface area contributed by atoms with E-state index >= 15 is 0 Å². The Morgan fingerprint density at radius 2 is 1.90 bits per heavy atom. The zero-order chi connectivity index (χ0) is 21.7. The summed E-state index contributed by atoms with van der Waals surface area (Å²) in [5.74, 6) is 6.26. The Balaban J connectivity index is 1.73. The first-order chi connectivity index (χ1) is 14.4. The molecule has 2 heterocycles. The third-order valence-electron chi connectivity index (χ3n) is 5.91. The van der Waals surface area contributed by atoms with Gasteiger partial charge in [0.1, 0.15) is 5.82 Å². The Kier molecular flexibility index (Phi) is 6.94. The lowest BCUT2D eigenvalue weighted by molar-refractivity contribution is -0.120. The van der Waals surface area contributed by atoms with Crippen LogP contribution in [0, 0.1) is 6.92 Å². The molecule has 1 aromatic heterocycles. The molecule has 0 bridgehead atoms. The molecular weight excluding hydrogens is 384 g/mol. The second-order valence-electron chi connectivity index (χ2n) is 7.84. The van der Waals surface area contributed by atoms with Gasteiger partial charge in [0.05, 0.1) is 18.7 Å². The van der Waals surface area contributed by atoms with Crippen molar-refractivity contribution in [1.29, 1.82) is 0 Å². The number of likely N-dealkylation sites (tertiary alicyclic amines) is 1. The van der Waals surface area contributed by atoms with Gasteiger partial charge in [0.15, 0.2) is 0 Å². The lowest BCUT2D eigenvalue weighted by Gasteiger charge is -2.48. The van der Waals surface area contributed by atoms with Gasteiger partial charge in [-0.05, 0) is 31.9 Å². The largest absolute Gasteiger partial charge is 0.382 e. The summed E-state index contributed by atoms with van der Waals surface area (Å²) in [7, 11) is 1.69. The van der Waals surface area contributed by atoms with E-state index in [1.807, 2.05) is 42.2 Å². The van der Waals surface area contributed by atoms with Crippen molar-refractivity contribution in [2.24, 2.45) is 0 Å². The van der Waals surface area contributed by atoms with Crippen molar-refractivity contribution < 1.29 is 9.53 Å². The smallest absolute Gasteiger partial charge is 0.364 e. The van der Waals surface area contributed by atoms with Crippen LogP contribution in [0.15, 0.2) is 35.1 Å². The molecule has 0 unspecified atom stereocenters. The maximum atomic E-state index is 13.0. The lowest BCUT2D eigenvalue weighted by atomic mass is 9.85. The van der Waals surface area contributed by atoms with Crippen LogP contribution in [0.4, 0.5) is 5.69 Å². The Morgan fingerprint density at radius 3 is 2.43 bits per heavy atom. The fraction of sp³-hybridized carbons (Fsp3) is 0.571. The molecule has 30 heavy (non-hydrogen) atoms. The van der Waals surface area contributed by atoms with Crippen LogP contribution in [-0.4, -0.2) is 64.2 Å². The van der Waals surface area contributed by atoms with Gasteiger partial charge in [-0.15, -0.1) is 0 Å². The van der Waals surface area contributed by atoms with E-state index in [-0.39, 0.29) is 17.1 Å². The summed E-state index contributed by atoms with van der Waals surface area (Å²) in [4.78, 5) is 29.3. The van der Waals surface area contributed by atoms with Crippen LogP contribution >= 0.6 is 0 Å². The number of aromatic nitrogens is 3. The molecule has 0 radical (unpaired) electrons. The van der Waals surface area contributed by atoms with Crippen LogP contribution in [0.5, 0.6) is 0 Å². The van der Waals surface area contributed by atoms with Crippen molar-refractivity contribution in [2.75, 3.05) is 44.1 Å². The molecule has 9 nitrogen and oxygen atoms in total. The molecule has 1 aliphatic heterocycles. The summed E-state index contributed by atoms with van der Waals surface area (Å²) >= 11 is 0. The summed E-state index contributed by atoms with van der Waals surface area (Å²) in [5, 5.41) is 4.20. The SMILES string of the molecule is CCC(=O)N(c1ccccc1)C1(COC)CCN(CCn2nc(C)n(N)c2=O)CC1. The number of methoxy groups -OCH3 is 1. The molecule has 0 atom stereocenters. The fourth-order valence-corrected chi connectivity index (χ4v) is 4.22. The van der Waals surface area contributed by atoms with Gasteiger partial charge in [-0.1, -0.05) is 25.1 Å². The van der Waals surface area contributed by atoms with Gasteiger partial charge < -0.3 is 20.4 Å². The second kappa shape index (κ2) is 9.44. The predicted octanol–water partition coefficient (Wildman–Crippen LogP) is 0.991. The number of para-hydroxylation sites is 1. The molecule has 1 amide bonds. The molecule has 0 saturated carbocycles. The highest BCUT2D eigenvalue weighted by Gasteiger charge is 2.42. The van der Waals surface area contributed by atoms with Gasteiger partial charge >= 0.3 is 5.69 Å². The van der Waals surface area contributed by atoms with Gasteiger partial charge in [0.25, 0.3) is 0 Å². The summed E-state index contributed by atoms with van der Waals surface area (Å²) in [6.45, 7) is 6.88. The minimum Gasteiger partial charge on any atom is -0.382 e. The van der Waals surface area contributed by atoms with Gasteiger partial charge in [-0.25, -0.2) is 9.48 Å². The molecule has 9 heteroatoms. The number of amides is 1. The van der Waals surface area contributed by atoms with E-state index in [9.17, 15) is 9.59 Å². The van der Waals surface area contributed by atoms with E-state index in [1.165, 1.54) is 4.68 Å². The van der Waals surface area contributed by atoms with Crippen molar-refractivity contribution in [3.05, 3.63) is 46.6 Å². The van der Waals surface area contributed by atoms with E-state index in [1.54, 1.807) is 14.0 Å². The highest BCUT2D eigenvalue weighted by atomic mass is 16.5. The van der Waals surface area contributed by atoms with E-state index in [2.05, 4.69) is 10.00 Å². The molecule has 2 N–H and O–H groups in total. The molecule has 0 aliphatic carbocycles. The number of hydrogen-bond donors (Lipinski definition) is 1. The number of aryl methyl sites for hydroxylation is 1. The summed E-state index contributed by atoms with van der Waals surface area (Å²) in [6.07, 6.45) is 2.02. The molecule has 1 fully saturated rings. The molecule has 3 rings (SSSR count). The van der Waals surface area contributed by atoms with Crippen LogP contribution in [0.25, 0.3) is 0 Å². The normalized spacial score (nSPS) is 16.5. The number of carbonyl (C=O) groups excluding carboxylic acids is 1. The van der Waals surface area contributed by atoms with E-state index in [4.69, 9.17) is 10.6 Å². The van der Waals surface area contributed by atoms with Crippen LogP contribution in [0.2, 0.25) is 0 Å². The Bertz CT molecular complexity index is 899. The Hall–Kier alpha value is -2.65. The number of rotatable bonds is 8. The standard InChI is InChI=1S/C21H32N6O3/c1-4-19(28)26(18-8-6-5-7-9-18)21(16-30-3)10-12-24(13-11-21)14-15-25-20(29)27(22)17(2)23-25/h5-9H,4,10-16,22H2,1-3H3. The number of benzene rings is 1. The lowest BCUT2D eigenvalue weighted by Crippen LogP contribution is -2.60. The van der Waals surface area contributed by atoms with Crippen molar-refractivity contribution in [1.82, 2.24) is 19.4 Å². The maximum Gasteiger partial charge on any atom is 0.364 e. The van der Waals surface area contributed by atoms with Crippen molar-refractivity contribution in [3.63, 3.8) is 0 Å². The molecule has 0 spiro atoms. The van der Waals surface area contributed by atoms with Crippen LogP contribution in [-0.2, 0) is 16.1 Å². The summed E-state index contributed by atoms with van der Waals surface area (Å²) in [5.41, 5.74) is 0.221. The van der Waals surface area contributed by atoms with E-state index in [0.29, 0.717) is 31.9 Å². The molecular formula is C21H32N6O3. The van der Waals surface area contributed by atoms with Crippen molar-refractivity contribution in [2.45, 2.75) is 45.2 Å². The fourth-order valence-electron chi connectivity index (χ4n) is 4.22. The topological polar surface area (TPSA) is 98.6 Å². The minimum atomic E-state index is -0.383. The van der Waals surface area contributed by atoms with Crippen LogP contribution in [0.3, 0.4) is 0 Å². The first-order valence-corrected chi connectivity index (χ1v) is 10.4. The highest BCUT2D eigenvalue weighted by molar-refractivity contribution is 5.94. The molecule has 1 aromatic carbocycles. The summed E-state index contributed by atoms with van der Waals surface area (Å²) in [6, 6.07) is 9.83. The predicted molar refractivity (Wildman–Crippen MR) is 116 cm³/mol. The van der Waals surface area contributed by atoms with Crippen LogP contribution < -0.4 is 16.4 Å². The van der Waals surface area contributed by atoms with E-state index in [0.717, 1.165) is 36.3 Å². The average molecular weight is 417 g/mol. The third-order valence-corrected chi connectivity index (χ3v) is 5.91. The van der Waals surface area contributed by atoms with Gasteiger partial charge in [0.2, 0.25) is 5.91 Å². The van der Waals surface area contributed by atoms with Gasteiger partial charge in [-0.3, -0.25) is 4.79 Å². The van der Waals surface area contributed by atoms with Gasteiger partial charge in [-0.2, -0.15) is 9.77 Å². The molecule has 164 valence electrons. The molecule has 1 saturated heterocycles. The Labute approximate surface area is 177 Å². The van der Waals surface area contributed by atoms with Crippen molar-refractivity contribution >= 4 is 11.6 Å². The monoisotopic (exact) mass is 416 g/mol. The number of nitrogens with two attached hydrogens (primary N) is 1. The quantitative estimate of drug-likeness (QED) is 0.645. The number of piperidine rings is 1. The number of anilines is 1. The van der Waals surface area contributed by atoms with Crippen LogP contribution in [0.1, 0.15) is 32.0 Å². The minimum absolute atomic E-state index is 0.0993. The first-order valence-electron chi connectivity index (χ1n) is 10.4. The summed E-state index contributed by atoms with van der Waals surface area (Å²) < 4.78 is 8.06. The molecule has 1 aliphatic rings. The first kappa shape index (κ1) is 22.0. The number of carbonyl (C=O) groups is 1. The third kappa shape index (κ3) is 4.41. The highest BCUT2D eigenvalue weighted by Crippen LogP contribution is 2.34. The zero-order valence-corrected chi connectivity index (χ0v) is 18.1. The number of ether oxygens (including phenoxy) is 1. The average Bonchev–Trinajstić information content (AvgIpc) is 3.01.